The maximum absolute atomic E-state index is 11.7. The quantitative estimate of drug-likeness (QED) is 0.598. The fraction of sp³-hybridized carbons (Fsp3) is 1.00. The van der Waals surface area contributed by atoms with Crippen molar-refractivity contribution in [3.63, 3.8) is 0 Å². The molecule has 0 N–H and O–H groups in total. The smallest absolute Gasteiger partial charge is 0.231 e. The molecule has 2 nitrogen and oxygen atoms in total. The molecule has 0 saturated carbocycles. The summed E-state index contributed by atoms with van der Waals surface area (Å²) in [4.78, 5) is 0. The minimum atomic E-state index is -3.03. The highest BCUT2D eigenvalue weighted by Gasteiger charge is 2.32. The van der Waals surface area contributed by atoms with Crippen molar-refractivity contribution in [1.82, 2.24) is 0 Å². The van der Waals surface area contributed by atoms with Crippen LogP contribution in [0.2, 0.25) is 0 Å². The van der Waals surface area contributed by atoms with Crippen LogP contribution < -0.4 is 0 Å². The molecule has 0 aromatic carbocycles. The zero-order valence-electron chi connectivity index (χ0n) is 5.10. The summed E-state index contributed by atoms with van der Waals surface area (Å²) in [6.07, 6.45) is -2.81. The third-order valence-electron chi connectivity index (χ3n) is 1.00. The Morgan fingerprint density at radius 2 is 1.67 bits per heavy atom. The van der Waals surface area contributed by atoms with E-state index in [2.05, 4.69) is 0 Å². The summed E-state index contributed by atoms with van der Waals surface area (Å²) in [6, 6.07) is 0. The third kappa shape index (κ3) is 1.89. The first kappa shape index (κ1) is 8.81. The summed E-state index contributed by atoms with van der Waals surface area (Å²) in [5.41, 5.74) is 0. The molecular formula is C4H8F2O2S. The monoisotopic (exact) mass is 158 g/mol. The summed E-state index contributed by atoms with van der Waals surface area (Å²) in [5.74, 6) is 0. The Morgan fingerprint density at radius 3 is 1.67 bits per heavy atom. The topological polar surface area (TPSA) is 34.1 Å². The minimum absolute atomic E-state index is 0.989. The van der Waals surface area contributed by atoms with Gasteiger partial charge in [0.2, 0.25) is 0 Å². The Labute approximate surface area is 53.8 Å². The molecule has 0 aliphatic heterocycles. The molecule has 0 radical (unpaired) electrons. The summed E-state index contributed by atoms with van der Waals surface area (Å²) < 4.78 is 41.5. The third-order valence-corrected chi connectivity index (χ3v) is 2.14. The van der Waals surface area contributed by atoms with Gasteiger partial charge in [-0.25, -0.2) is 17.2 Å². The van der Waals surface area contributed by atoms with Crippen LogP contribution in [0.5, 0.6) is 0 Å². The van der Waals surface area contributed by atoms with E-state index in [1.165, 1.54) is 0 Å². The molecule has 0 rings (SSSR count). The van der Waals surface area contributed by atoms with Crippen LogP contribution in [0.4, 0.5) is 8.78 Å². The van der Waals surface area contributed by atoms with E-state index in [0.717, 1.165) is 13.8 Å². The van der Waals surface area contributed by atoms with Crippen LogP contribution in [0.3, 0.4) is 0 Å². The van der Waals surface area contributed by atoms with Gasteiger partial charge in [-0.05, 0) is 13.8 Å². The lowest BCUT2D eigenvalue weighted by molar-refractivity contribution is 0.110. The van der Waals surface area contributed by atoms with Gasteiger partial charge in [0.1, 0.15) is 4.75 Å². The van der Waals surface area contributed by atoms with Crippen molar-refractivity contribution in [2.45, 2.75) is 25.0 Å². The summed E-state index contributed by atoms with van der Waals surface area (Å²) in [7, 11) is -3.03. The van der Waals surface area contributed by atoms with E-state index in [0.29, 0.717) is 0 Å². The van der Waals surface area contributed by atoms with Crippen molar-refractivity contribution in [1.29, 1.82) is 0 Å². The highest BCUT2D eigenvalue weighted by atomic mass is 32.2. The van der Waals surface area contributed by atoms with E-state index >= 15 is 0 Å². The van der Waals surface area contributed by atoms with Crippen LogP contribution in [-0.2, 0) is 10.7 Å². The van der Waals surface area contributed by atoms with Gasteiger partial charge in [-0.1, -0.05) is 0 Å². The average Bonchev–Trinajstić information content (AvgIpc) is 1.65. The van der Waals surface area contributed by atoms with Crippen molar-refractivity contribution < 1.29 is 17.2 Å². The second-order valence-corrected chi connectivity index (χ2v) is 3.88. The Balaban J connectivity index is 4.38. The van der Waals surface area contributed by atoms with Crippen LogP contribution in [-0.4, -0.2) is 19.6 Å². The van der Waals surface area contributed by atoms with Gasteiger partial charge >= 0.3 is 0 Å². The molecule has 0 aliphatic carbocycles. The minimum Gasteiger partial charge on any atom is -0.231 e. The second kappa shape index (κ2) is 2.60. The number of hydrogen-bond acceptors (Lipinski definition) is 2. The SMILES string of the molecule is CC(C)(C(F)F)[SH](=O)=O. The number of hydrogen-bond donors (Lipinski definition) is 1. The lowest BCUT2D eigenvalue weighted by atomic mass is 10.2. The maximum atomic E-state index is 11.7. The van der Waals surface area contributed by atoms with Crippen LogP contribution >= 0.6 is 0 Å². The predicted octanol–water partition coefficient (Wildman–Crippen LogP) is 0.642. The normalized spacial score (nSPS) is 13.1. The number of thiol groups is 1. The maximum Gasteiger partial charge on any atom is 0.257 e. The van der Waals surface area contributed by atoms with E-state index in [1.807, 2.05) is 0 Å². The number of halogens is 2. The molecule has 9 heavy (non-hydrogen) atoms. The first-order valence-electron chi connectivity index (χ1n) is 2.31. The van der Waals surface area contributed by atoms with E-state index in [9.17, 15) is 17.2 Å². The molecule has 0 fully saturated rings. The highest BCUT2D eigenvalue weighted by molar-refractivity contribution is 7.74. The zero-order chi connectivity index (χ0) is 7.65. The summed E-state index contributed by atoms with van der Waals surface area (Å²) in [6.45, 7) is 1.98. The molecule has 0 aromatic rings. The number of alkyl halides is 2. The van der Waals surface area contributed by atoms with Crippen molar-refractivity contribution in [2.75, 3.05) is 0 Å². The van der Waals surface area contributed by atoms with Gasteiger partial charge in [0.25, 0.3) is 6.43 Å². The van der Waals surface area contributed by atoms with E-state index in [-0.39, 0.29) is 0 Å². The molecule has 0 bridgehead atoms. The standard InChI is InChI=1S/C4H8F2O2S/c1-4(2,3(5)6)9(7)8/h3,9H,1-2H3. The molecule has 0 aliphatic rings. The predicted molar refractivity (Wildman–Crippen MR) is 30.4 cm³/mol. The van der Waals surface area contributed by atoms with E-state index < -0.39 is 21.9 Å². The first-order chi connectivity index (χ1) is 3.89. The molecule has 0 unspecified atom stereocenters. The largest absolute Gasteiger partial charge is 0.257 e. The van der Waals surface area contributed by atoms with Gasteiger partial charge < -0.3 is 0 Å². The molecule has 0 amide bonds. The average molecular weight is 158 g/mol. The van der Waals surface area contributed by atoms with Crippen molar-refractivity contribution >= 4 is 10.7 Å². The van der Waals surface area contributed by atoms with Gasteiger partial charge in [-0.15, -0.1) is 0 Å². The molecule has 0 spiro atoms. The summed E-state index contributed by atoms with van der Waals surface area (Å²) >= 11 is 0. The van der Waals surface area contributed by atoms with Crippen molar-refractivity contribution in [3.05, 3.63) is 0 Å². The van der Waals surface area contributed by atoms with E-state index in [1.54, 1.807) is 0 Å². The molecule has 0 aromatic heterocycles. The lowest BCUT2D eigenvalue weighted by Gasteiger charge is -2.13. The lowest BCUT2D eigenvalue weighted by Crippen LogP contribution is -2.31. The Bertz CT molecular complexity index is 154. The Kier molecular flexibility index (Phi) is 2.54. The molecule has 0 atom stereocenters. The molecule has 56 valence electrons. The van der Waals surface area contributed by atoms with Gasteiger partial charge in [0.15, 0.2) is 10.7 Å². The van der Waals surface area contributed by atoms with E-state index in [4.69, 9.17) is 0 Å². The van der Waals surface area contributed by atoms with Gasteiger partial charge in [0.05, 0.1) is 0 Å². The second-order valence-electron chi connectivity index (χ2n) is 2.21. The molecular weight excluding hydrogens is 150 g/mol. The van der Waals surface area contributed by atoms with Gasteiger partial charge in [-0.2, -0.15) is 0 Å². The van der Waals surface area contributed by atoms with Crippen molar-refractivity contribution in [2.24, 2.45) is 0 Å². The molecule has 0 saturated heterocycles. The number of rotatable bonds is 2. The van der Waals surface area contributed by atoms with Crippen LogP contribution in [0, 0.1) is 0 Å². The van der Waals surface area contributed by atoms with Crippen LogP contribution in [0.25, 0.3) is 0 Å². The van der Waals surface area contributed by atoms with Crippen LogP contribution in [0.1, 0.15) is 13.8 Å². The molecule has 5 heteroatoms. The Hall–Kier alpha value is -0.190. The Morgan fingerprint density at radius 1 is 1.33 bits per heavy atom. The fourth-order valence-corrected chi connectivity index (χ4v) is 0.239. The fourth-order valence-electron chi connectivity index (χ4n) is 0.0797. The van der Waals surface area contributed by atoms with Gasteiger partial charge in [-0.3, -0.25) is 0 Å². The molecule has 0 heterocycles. The van der Waals surface area contributed by atoms with Gasteiger partial charge in [0, 0.05) is 0 Å². The summed E-state index contributed by atoms with van der Waals surface area (Å²) in [5, 5.41) is 0. The first-order valence-corrected chi connectivity index (χ1v) is 3.49. The van der Waals surface area contributed by atoms with Crippen LogP contribution in [0.15, 0.2) is 0 Å². The highest BCUT2D eigenvalue weighted by Crippen LogP contribution is 2.17. The zero-order valence-corrected chi connectivity index (χ0v) is 5.99. The van der Waals surface area contributed by atoms with Crippen molar-refractivity contribution in [3.8, 4) is 0 Å².